The fraction of sp³-hybridized carbons (Fsp3) is 0.533. The van der Waals surface area contributed by atoms with Crippen LogP contribution in [0.3, 0.4) is 0 Å². The van der Waals surface area contributed by atoms with E-state index in [1.807, 2.05) is 6.92 Å². The molecule has 1 unspecified atom stereocenters. The van der Waals surface area contributed by atoms with Crippen molar-refractivity contribution in [3.05, 3.63) is 29.6 Å². The van der Waals surface area contributed by atoms with Crippen molar-refractivity contribution in [3.63, 3.8) is 0 Å². The topological polar surface area (TPSA) is 46.5 Å². The molecule has 1 N–H and O–H groups in total. The second-order valence-electron chi connectivity index (χ2n) is 4.68. The van der Waals surface area contributed by atoms with E-state index in [0.29, 0.717) is 25.0 Å². The van der Waals surface area contributed by atoms with Crippen molar-refractivity contribution in [2.45, 2.75) is 45.1 Å². The number of carbonyl (C=O) groups is 1. The molecule has 1 atom stereocenters. The lowest BCUT2D eigenvalue weighted by Gasteiger charge is -2.08. The molecule has 4 heteroatoms. The van der Waals surface area contributed by atoms with Gasteiger partial charge in [-0.05, 0) is 30.5 Å². The van der Waals surface area contributed by atoms with Gasteiger partial charge in [-0.3, -0.25) is 4.79 Å². The zero-order valence-electron chi connectivity index (χ0n) is 11.5. The van der Waals surface area contributed by atoms with E-state index < -0.39 is 6.10 Å². The van der Waals surface area contributed by atoms with E-state index in [9.17, 15) is 14.3 Å². The Bertz CT molecular complexity index is 418. The third-order valence-corrected chi connectivity index (χ3v) is 2.94. The molecule has 1 aromatic carbocycles. The van der Waals surface area contributed by atoms with Gasteiger partial charge in [0.1, 0.15) is 17.3 Å². The van der Waals surface area contributed by atoms with E-state index in [1.54, 1.807) is 6.07 Å². The normalized spacial score (nSPS) is 12.2. The Morgan fingerprint density at radius 3 is 2.79 bits per heavy atom. The van der Waals surface area contributed by atoms with Gasteiger partial charge in [-0.15, -0.1) is 0 Å². The van der Waals surface area contributed by atoms with Crippen molar-refractivity contribution >= 4 is 5.78 Å². The van der Waals surface area contributed by atoms with Crippen molar-refractivity contribution in [2.24, 2.45) is 0 Å². The lowest BCUT2D eigenvalue weighted by Crippen LogP contribution is -2.13. The molecule has 0 aromatic heterocycles. The first kappa shape index (κ1) is 15.6. The Morgan fingerprint density at radius 2 is 2.16 bits per heavy atom. The van der Waals surface area contributed by atoms with Gasteiger partial charge in [0, 0.05) is 18.9 Å². The summed E-state index contributed by atoms with van der Waals surface area (Å²) in [7, 11) is 1.48. The van der Waals surface area contributed by atoms with Crippen molar-refractivity contribution < 1.29 is 19.0 Å². The van der Waals surface area contributed by atoms with Crippen LogP contribution in [0.5, 0.6) is 5.75 Å². The molecule has 3 nitrogen and oxygen atoms in total. The Hall–Kier alpha value is -1.42. The summed E-state index contributed by atoms with van der Waals surface area (Å²) in [6, 6.07) is 4.42. The van der Waals surface area contributed by atoms with Gasteiger partial charge in [-0.2, -0.15) is 0 Å². The van der Waals surface area contributed by atoms with Crippen LogP contribution in [0.1, 0.15) is 38.2 Å². The highest BCUT2D eigenvalue weighted by Gasteiger charge is 2.10. The molecule has 19 heavy (non-hydrogen) atoms. The molecule has 0 amide bonds. The Labute approximate surface area is 113 Å². The van der Waals surface area contributed by atoms with Crippen molar-refractivity contribution in [3.8, 4) is 5.75 Å². The van der Waals surface area contributed by atoms with E-state index in [0.717, 1.165) is 12.0 Å². The number of ketones is 1. The summed E-state index contributed by atoms with van der Waals surface area (Å²) < 4.78 is 18.2. The summed E-state index contributed by atoms with van der Waals surface area (Å²) in [5.41, 5.74) is 0.732. The smallest absolute Gasteiger partial charge is 0.135 e. The number of aryl methyl sites for hydroxylation is 1. The maximum atomic E-state index is 13.2. The van der Waals surface area contributed by atoms with E-state index >= 15 is 0 Å². The number of aliphatic hydroxyl groups excluding tert-OH is 1. The third kappa shape index (κ3) is 5.83. The number of carbonyl (C=O) groups excluding carboxylic acids is 1. The third-order valence-electron chi connectivity index (χ3n) is 2.94. The maximum Gasteiger partial charge on any atom is 0.135 e. The number of rotatable bonds is 8. The van der Waals surface area contributed by atoms with Crippen LogP contribution in [-0.4, -0.2) is 24.1 Å². The fourth-order valence-electron chi connectivity index (χ4n) is 1.97. The van der Waals surface area contributed by atoms with E-state index in [4.69, 9.17) is 4.74 Å². The average Bonchev–Trinajstić information content (AvgIpc) is 2.36. The van der Waals surface area contributed by atoms with E-state index in [1.165, 1.54) is 19.2 Å². The predicted octanol–water partition coefficient (Wildman–Crippen LogP) is 2.89. The molecule has 0 radical (unpaired) electrons. The largest absolute Gasteiger partial charge is 0.497 e. The van der Waals surface area contributed by atoms with Crippen LogP contribution in [0.15, 0.2) is 18.2 Å². The van der Waals surface area contributed by atoms with Crippen molar-refractivity contribution in [1.82, 2.24) is 0 Å². The Morgan fingerprint density at radius 1 is 1.42 bits per heavy atom. The lowest BCUT2D eigenvalue weighted by atomic mass is 10.0. The summed E-state index contributed by atoms with van der Waals surface area (Å²) in [5, 5.41) is 9.54. The second kappa shape index (κ2) is 7.89. The number of aliphatic hydroxyl groups is 1. The minimum atomic E-state index is -0.556. The van der Waals surface area contributed by atoms with Crippen LogP contribution in [0.2, 0.25) is 0 Å². The monoisotopic (exact) mass is 268 g/mol. The number of ether oxygens (including phenoxy) is 1. The minimum absolute atomic E-state index is 0.00387. The van der Waals surface area contributed by atoms with Crippen LogP contribution < -0.4 is 4.74 Å². The quantitative estimate of drug-likeness (QED) is 0.788. The van der Waals surface area contributed by atoms with Crippen molar-refractivity contribution in [2.75, 3.05) is 7.11 Å². The van der Waals surface area contributed by atoms with Gasteiger partial charge in [0.2, 0.25) is 0 Å². The highest BCUT2D eigenvalue weighted by molar-refractivity contribution is 5.79. The SMILES string of the molecule is CCCC(O)CC(=O)CCc1cc(F)cc(OC)c1. The molecule has 0 spiro atoms. The Kier molecular flexibility index (Phi) is 6.50. The molecular formula is C15H21FO3. The van der Waals surface area contributed by atoms with Gasteiger partial charge in [-0.25, -0.2) is 4.39 Å². The maximum absolute atomic E-state index is 13.2. The first-order valence-electron chi connectivity index (χ1n) is 6.58. The number of benzene rings is 1. The van der Waals surface area contributed by atoms with Gasteiger partial charge < -0.3 is 9.84 Å². The molecule has 0 fully saturated rings. The average molecular weight is 268 g/mol. The highest BCUT2D eigenvalue weighted by Crippen LogP contribution is 2.17. The van der Waals surface area contributed by atoms with Gasteiger partial charge >= 0.3 is 0 Å². The summed E-state index contributed by atoms with van der Waals surface area (Å²) in [6.07, 6.45) is 1.90. The second-order valence-corrected chi connectivity index (χ2v) is 4.68. The first-order chi connectivity index (χ1) is 9.05. The molecule has 0 aliphatic carbocycles. The van der Waals surface area contributed by atoms with Gasteiger partial charge in [0.15, 0.2) is 0 Å². The molecule has 106 valence electrons. The van der Waals surface area contributed by atoms with Crippen LogP contribution in [0, 0.1) is 5.82 Å². The summed E-state index contributed by atoms with van der Waals surface area (Å²) in [4.78, 5) is 11.7. The minimum Gasteiger partial charge on any atom is -0.497 e. The number of hydrogen-bond acceptors (Lipinski definition) is 3. The van der Waals surface area contributed by atoms with E-state index in [-0.39, 0.29) is 18.0 Å². The Balaban J connectivity index is 2.48. The number of halogens is 1. The molecular weight excluding hydrogens is 247 g/mol. The van der Waals surface area contributed by atoms with Gasteiger partial charge in [0.25, 0.3) is 0 Å². The molecule has 0 saturated heterocycles. The lowest BCUT2D eigenvalue weighted by molar-refractivity contribution is -0.121. The molecule has 0 heterocycles. The molecule has 0 bridgehead atoms. The van der Waals surface area contributed by atoms with E-state index in [2.05, 4.69) is 0 Å². The van der Waals surface area contributed by atoms with Crippen LogP contribution in [0.25, 0.3) is 0 Å². The molecule has 1 rings (SSSR count). The number of Topliss-reactive ketones (excluding diaryl/α,β-unsaturated/α-hetero) is 1. The van der Waals surface area contributed by atoms with Gasteiger partial charge in [-0.1, -0.05) is 13.3 Å². The summed E-state index contributed by atoms with van der Waals surface area (Å²) in [5.74, 6) is 0.0884. The zero-order valence-corrected chi connectivity index (χ0v) is 11.5. The molecule has 0 aliphatic rings. The zero-order chi connectivity index (χ0) is 14.3. The molecule has 1 aromatic rings. The van der Waals surface area contributed by atoms with Crippen LogP contribution >= 0.6 is 0 Å². The van der Waals surface area contributed by atoms with Gasteiger partial charge in [0.05, 0.1) is 13.2 Å². The van der Waals surface area contributed by atoms with Crippen molar-refractivity contribution in [1.29, 1.82) is 0 Å². The number of methoxy groups -OCH3 is 1. The summed E-state index contributed by atoms with van der Waals surface area (Å²) in [6.45, 7) is 1.96. The predicted molar refractivity (Wildman–Crippen MR) is 71.8 cm³/mol. The standard InChI is InChI=1S/C15H21FO3/c1-3-4-13(17)10-14(18)6-5-11-7-12(16)9-15(8-11)19-2/h7-9,13,17H,3-6,10H2,1-2H3. The number of hydrogen-bond donors (Lipinski definition) is 1. The highest BCUT2D eigenvalue weighted by atomic mass is 19.1. The summed E-state index contributed by atoms with van der Waals surface area (Å²) >= 11 is 0. The van der Waals surface area contributed by atoms with Crippen LogP contribution in [-0.2, 0) is 11.2 Å². The fourth-order valence-corrected chi connectivity index (χ4v) is 1.97. The van der Waals surface area contributed by atoms with Crippen LogP contribution in [0.4, 0.5) is 4.39 Å². The molecule has 0 saturated carbocycles. The first-order valence-corrected chi connectivity index (χ1v) is 6.58. The molecule has 0 aliphatic heterocycles.